The summed E-state index contributed by atoms with van der Waals surface area (Å²) in [6, 6.07) is 19.7. The van der Waals surface area contributed by atoms with Gasteiger partial charge in [0.2, 0.25) is 0 Å². The van der Waals surface area contributed by atoms with Crippen LogP contribution >= 0.6 is 0 Å². The second-order valence-corrected chi connectivity index (χ2v) is 7.74. The molecule has 158 valence electrons. The third-order valence-corrected chi connectivity index (χ3v) is 5.36. The molecule has 1 amide bonds. The number of amides is 1. The van der Waals surface area contributed by atoms with Gasteiger partial charge in [-0.3, -0.25) is 9.78 Å². The summed E-state index contributed by atoms with van der Waals surface area (Å²) < 4.78 is 0. The van der Waals surface area contributed by atoms with Crippen LogP contribution in [-0.4, -0.2) is 29.0 Å². The molecule has 0 aliphatic heterocycles. The molecule has 0 bridgehead atoms. The van der Waals surface area contributed by atoms with Gasteiger partial charge in [0.05, 0.1) is 17.4 Å². The van der Waals surface area contributed by atoms with Crippen LogP contribution in [0.1, 0.15) is 62.7 Å². The minimum Gasteiger partial charge on any atom is -0.267 e. The maximum Gasteiger partial charge on any atom is 0.272 e. The summed E-state index contributed by atoms with van der Waals surface area (Å²) in [7, 11) is 0. The number of carbonyl (C=O) groups excluding carboxylic acids is 1. The summed E-state index contributed by atoms with van der Waals surface area (Å²) in [5.41, 5.74) is 2.47. The van der Waals surface area contributed by atoms with Crippen LogP contribution in [0.2, 0.25) is 0 Å². The molecule has 30 heavy (non-hydrogen) atoms. The van der Waals surface area contributed by atoms with Gasteiger partial charge in [-0.1, -0.05) is 75.9 Å². The first kappa shape index (κ1) is 22.0. The molecule has 3 rings (SSSR count). The number of pyridine rings is 1. The van der Waals surface area contributed by atoms with Crippen LogP contribution in [0.15, 0.2) is 66.9 Å². The highest BCUT2D eigenvalue weighted by Crippen LogP contribution is 2.24. The number of benzene rings is 2. The molecule has 0 radical (unpaired) electrons. The molecule has 0 fully saturated rings. The van der Waals surface area contributed by atoms with Crippen molar-refractivity contribution in [3.8, 4) is 0 Å². The zero-order valence-electron chi connectivity index (χ0n) is 18.3. The number of anilines is 1. The number of rotatable bonds is 11. The monoisotopic (exact) mass is 403 g/mol. The number of aromatic nitrogens is 1. The smallest absolute Gasteiger partial charge is 0.267 e. The van der Waals surface area contributed by atoms with E-state index in [4.69, 9.17) is 0 Å². The molecule has 0 unspecified atom stereocenters. The molecule has 0 aliphatic rings. The van der Waals surface area contributed by atoms with E-state index in [2.05, 4.69) is 36.0 Å². The Bertz CT molecular complexity index is 916. The molecule has 0 saturated heterocycles. The zero-order valence-corrected chi connectivity index (χ0v) is 18.3. The summed E-state index contributed by atoms with van der Waals surface area (Å²) >= 11 is 0. The number of para-hydroxylation sites is 1. The van der Waals surface area contributed by atoms with Crippen molar-refractivity contribution in [2.45, 2.75) is 52.4 Å². The molecule has 1 heterocycles. The molecule has 0 spiro atoms. The van der Waals surface area contributed by atoms with Crippen molar-refractivity contribution in [2.75, 3.05) is 18.1 Å². The van der Waals surface area contributed by atoms with Gasteiger partial charge in [0, 0.05) is 24.0 Å². The van der Waals surface area contributed by atoms with Gasteiger partial charge in [0.1, 0.15) is 0 Å². The first-order chi connectivity index (χ1) is 14.7. The summed E-state index contributed by atoms with van der Waals surface area (Å²) in [5.74, 6) is 0.000628. The predicted octanol–water partition coefficient (Wildman–Crippen LogP) is 6.48. The average Bonchev–Trinajstić information content (AvgIpc) is 2.79. The van der Waals surface area contributed by atoms with E-state index in [1.807, 2.05) is 59.7 Å². The SMILES string of the molecule is CCCCCN(CCCCC)N(C(=O)c1ccccc1)c1cnc2ccccc2c1. The van der Waals surface area contributed by atoms with Crippen molar-refractivity contribution in [3.05, 3.63) is 72.4 Å². The van der Waals surface area contributed by atoms with Gasteiger partial charge < -0.3 is 0 Å². The zero-order chi connectivity index (χ0) is 21.2. The van der Waals surface area contributed by atoms with Crippen LogP contribution in [0.5, 0.6) is 0 Å². The minimum atomic E-state index is 0.000628. The maximum absolute atomic E-state index is 13.6. The minimum absolute atomic E-state index is 0.000628. The van der Waals surface area contributed by atoms with Gasteiger partial charge in [-0.2, -0.15) is 0 Å². The van der Waals surface area contributed by atoms with Crippen molar-refractivity contribution < 1.29 is 4.79 Å². The highest BCUT2D eigenvalue weighted by Gasteiger charge is 2.25. The Kier molecular flexibility index (Phi) is 8.40. The third kappa shape index (κ3) is 5.67. The molecule has 0 N–H and O–H groups in total. The molecule has 0 atom stereocenters. The first-order valence-electron chi connectivity index (χ1n) is 11.2. The molecule has 4 nitrogen and oxygen atoms in total. The quantitative estimate of drug-likeness (QED) is 0.272. The van der Waals surface area contributed by atoms with E-state index in [1.54, 1.807) is 0 Å². The van der Waals surface area contributed by atoms with E-state index in [-0.39, 0.29) is 5.91 Å². The Morgan fingerprint density at radius 2 is 1.47 bits per heavy atom. The Labute approximate surface area is 180 Å². The predicted molar refractivity (Wildman–Crippen MR) is 126 cm³/mol. The van der Waals surface area contributed by atoms with E-state index >= 15 is 0 Å². The Morgan fingerprint density at radius 1 is 0.833 bits per heavy atom. The lowest BCUT2D eigenvalue weighted by molar-refractivity contribution is 0.0889. The Morgan fingerprint density at radius 3 is 2.13 bits per heavy atom. The van der Waals surface area contributed by atoms with Crippen molar-refractivity contribution in [2.24, 2.45) is 0 Å². The topological polar surface area (TPSA) is 36.4 Å². The standard InChI is InChI=1S/C26H33N3O/c1-3-5-12-18-28(19-13-6-4-2)29(26(30)22-14-8-7-9-15-22)24-20-23-16-10-11-17-25(23)27-21-24/h7-11,14-17,20-21H,3-6,12-13,18-19H2,1-2H3. The fraction of sp³-hybridized carbons (Fsp3) is 0.385. The lowest BCUT2D eigenvalue weighted by Crippen LogP contribution is -2.48. The molecule has 3 aromatic rings. The first-order valence-corrected chi connectivity index (χ1v) is 11.2. The molecule has 2 aromatic carbocycles. The van der Waals surface area contributed by atoms with Crippen molar-refractivity contribution in [1.82, 2.24) is 9.99 Å². The van der Waals surface area contributed by atoms with Crippen molar-refractivity contribution in [1.29, 1.82) is 0 Å². The number of hydrogen-bond acceptors (Lipinski definition) is 3. The van der Waals surface area contributed by atoms with Crippen molar-refractivity contribution >= 4 is 22.5 Å². The van der Waals surface area contributed by atoms with E-state index in [0.29, 0.717) is 5.56 Å². The van der Waals surface area contributed by atoms with Crippen LogP contribution < -0.4 is 5.01 Å². The van der Waals surface area contributed by atoms with E-state index < -0.39 is 0 Å². The largest absolute Gasteiger partial charge is 0.272 e. The number of nitrogens with zero attached hydrogens (tertiary/aromatic N) is 3. The molecular weight excluding hydrogens is 370 g/mol. The second-order valence-electron chi connectivity index (χ2n) is 7.74. The van der Waals surface area contributed by atoms with Crippen LogP contribution in [-0.2, 0) is 0 Å². The maximum atomic E-state index is 13.6. The van der Waals surface area contributed by atoms with Crippen molar-refractivity contribution in [3.63, 3.8) is 0 Å². The van der Waals surface area contributed by atoms with Gasteiger partial charge in [0.25, 0.3) is 5.91 Å². The number of hydrogen-bond donors (Lipinski definition) is 0. The van der Waals surface area contributed by atoms with Crippen LogP contribution in [0.25, 0.3) is 10.9 Å². The normalized spacial score (nSPS) is 11.2. The van der Waals surface area contributed by atoms with Crippen LogP contribution in [0.3, 0.4) is 0 Å². The lowest BCUT2D eigenvalue weighted by Gasteiger charge is -2.35. The highest BCUT2D eigenvalue weighted by molar-refractivity contribution is 6.06. The molecule has 0 aliphatic carbocycles. The Hall–Kier alpha value is -2.72. The van der Waals surface area contributed by atoms with Gasteiger partial charge in [0.15, 0.2) is 0 Å². The fourth-order valence-corrected chi connectivity index (χ4v) is 3.69. The second kappa shape index (κ2) is 11.5. The van der Waals surface area contributed by atoms with E-state index in [0.717, 1.165) is 68.2 Å². The third-order valence-electron chi connectivity index (χ3n) is 5.36. The van der Waals surface area contributed by atoms with Gasteiger partial charge in [-0.25, -0.2) is 10.0 Å². The van der Waals surface area contributed by atoms with Gasteiger partial charge in [-0.05, 0) is 37.1 Å². The molecule has 1 aromatic heterocycles. The molecule has 4 heteroatoms. The van der Waals surface area contributed by atoms with E-state index in [9.17, 15) is 4.79 Å². The van der Waals surface area contributed by atoms with Crippen LogP contribution in [0, 0.1) is 0 Å². The summed E-state index contributed by atoms with van der Waals surface area (Å²) in [6.45, 7) is 6.15. The molecule has 0 saturated carbocycles. The van der Waals surface area contributed by atoms with Gasteiger partial charge in [-0.15, -0.1) is 0 Å². The number of carbonyl (C=O) groups is 1. The average molecular weight is 404 g/mol. The summed E-state index contributed by atoms with van der Waals surface area (Å²) in [6.07, 6.45) is 8.61. The lowest BCUT2D eigenvalue weighted by atomic mass is 10.1. The number of fused-ring (bicyclic) bond motifs is 1. The summed E-state index contributed by atoms with van der Waals surface area (Å²) in [5, 5.41) is 5.13. The van der Waals surface area contributed by atoms with Crippen LogP contribution in [0.4, 0.5) is 5.69 Å². The van der Waals surface area contributed by atoms with E-state index in [1.165, 1.54) is 0 Å². The highest BCUT2D eigenvalue weighted by atomic mass is 16.2. The Balaban J connectivity index is 1.99. The number of hydrazine groups is 1. The number of unbranched alkanes of at least 4 members (excludes halogenated alkanes) is 4. The summed E-state index contributed by atoms with van der Waals surface area (Å²) in [4.78, 5) is 18.3. The fourth-order valence-electron chi connectivity index (χ4n) is 3.69. The molecular formula is C26H33N3O. The van der Waals surface area contributed by atoms with Gasteiger partial charge >= 0.3 is 0 Å².